The fraction of sp³-hybridized carbons (Fsp3) is 0.639. The largest absolute Gasteiger partial charge is 0.514 e. The highest BCUT2D eigenvalue weighted by Crippen LogP contribution is 2.65. The molecule has 2 heterocycles. The number of carbonyl (C=O) groups is 5. The molecule has 0 amide bonds. The smallest absolute Gasteiger partial charge is 0.477 e. The SMILES string of the molecule is CCOC(=O)C[C@H](OC(=O)CCC(=O)OC(C)(C)C)C(=O)OC1=CC[C@@]2(O)[C@H]3Cc4ccc(OC(=O)OC(C)(C)C)c5c4[C@@]2(CCN3C)[C@H]1O5. The summed E-state index contributed by atoms with van der Waals surface area (Å²) in [6.45, 7) is 12.4. The molecule has 1 saturated heterocycles. The van der Waals surface area contributed by atoms with Crippen molar-refractivity contribution in [2.45, 2.75) is 127 Å². The number of nitrogens with zero attached hydrogens (tertiary/aromatic N) is 1. The van der Waals surface area contributed by atoms with Gasteiger partial charge in [-0.2, -0.15) is 0 Å². The molecule has 0 saturated carbocycles. The lowest BCUT2D eigenvalue weighted by atomic mass is 9.50. The molecule has 1 spiro atoms. The fourth-order valence-electron chi connectivity index (χ4n) is 7.41. The Morgan fingerprint density at radius 3 is 2.32 bits per heavy atom. The standard InChI is InChI=1S/C36H47NO13/c1-9-44-27(40)19-23(45-25(38)12-13-26(39)49-33(2,3)4)31(41)46-22-14-15-36(43)24-18-20-10-11-21(47-32(42)50-34(5,6)7)29-28(20)35(36,30(22)48-29)16-17-37(24)8/h10-11,14,23-24,30,43H,9,12-13,15-19H2,1-8H3/t23-,24+,30-,35-,36+/m0/s1. The first-order chi connectivity index (χ1) is 23.3. The van der Waals surface area contributed by atoms with E-state index in [4.69, 9.17) is 33.2 Å². The van der Waals surface area contributed by atoms with Crippen LogP contribution in [0.2, 0.25) is 0 Å². The maximum Gasteiger partial charge on any atom is 0.514 e. The van der Waals surface area contributed by atoms with Crippen molar-refractivity contribution in [2.24, 2.45) is 0 Å². The average Bonchev–Trinajstić information content (AvgIpc) is 3.34. The first kappa shape index (κ1) is 37.1. The number of esters is 4. The summed E-state index contributed by atoms with van der Waals surface area (Å²) in [5.74, 6) is -3.04. The van der Waals surface area contributed by atoms with Gasteiger partial charge in [-0.25, -0.2) is 9.59 Å². The van der Waals surface area contributed by atoms with Crippen LogP contribution >= 0.6 is 0 Å². The van der Waals surface area contributed by atoms with Crippen LogP contribution < -0.4 is 9.47 Å². The summed E-state index contributed by atoms with van der Waals surface area (Å²) in [5.41, 5.74) is -2.44. The lowest BCUT2D eigenvalue weighted by molar-refractivity contribution is -0.178. The highest BCUT2D eigenvalue weighted by Gasteiger charge is 2.72. The maximum atomic E-state index is 13.7. The Morgan fingerprint density at radius 1 is 0.980 bits per heavy atom. The van der Waals surface area contributed by atoms with Gasteiger partial charge in [0.2, 0.25) is 6.10 Å². The Labute approximate surface area is 291 Å². The minimum Gasteiger partial charge on any atom is -0.477 e. The zero-order valence-corrected chi connectivity index (χ0v) is 29.9. The first-order valence-corrected chi connectivity index (χ1v) is 16.9. The molecular weight excluding hydrogens is 654 g/mol. The molecule has 274 valence electrons. The van der Waals surface area contributed by atoms with Crippen molar-refractivity contribution in [3.63, 3.8) is 0 Å². The Morgan fingerprint density at radius 2 is 1.66 bits per heavy atom. The summed E-state index contributed by atoms with van der Waals surface area (Å²) >= 11 is 0. The summed E-state index contributed by atoms with van der Waals surface area (Å²) in [5, 5.41) is 12.5. The molecule has 4 aliphatic rings. The van der Waals surface area contributed by atoms with E-state index in [9.17, 15) is 29.1 Å². The third kappa shape index (κ3) is 7.18. The van der Waals surface area contributed by atoms with Gasteiger partial charge in [0, 0.05) is 18.0 Å². The zero-order valence-electron chi connectivity index (χ0n) is 29.9. The van der Waals surface area contributed by atoms with Crippen LogP contribution in [-0.4, -0.2) is 95.3 Å². The van der Waals surface area contributed by atoms with Gasteiger partial charge in [-0.1, -0.05) is 6.07 Å². The number of rotatable bonds is 10. The molecule has 5 atom stereocenters. The van der Waals surface area contributed by atoms with Crippen LogP contribution in [0.15, 0.2) is 24.0 Å². The van der Waals surface area contributed by atoms with Gasteiger partial charge in [0.15, 0.2) is 17.6 Å². The van der Waals surface area contributed by atoms with Crippen LogP contribution in [0.3, 0.4) is 0 Å². The van der Waals surface area contributed by atoms with E-state index < -0.39 is 77.3 Å². The Hall–Kier alpha value is -4.17. The summed E-state index contributed by atoms with van der Waals surface area (Å²) < 4.78 is 39.0. The molecule has 1 fully saturated rings. The van der Waals surface area contributed by atoms with Crippen LogP contribution in [0.25, 0.3) is 0 Å². The van der Waals surface area contributed by atoms with Crippen LogP contribution in [0.1, 0.15) is 91.7 Å². The molecule has 50 heavy (non-hydrogen) atoms. The first-order valence-electron chi connectivity index (χ1n) is 16.9. The summed E-state index contributed by atoms with van der Waals surface area (Å²) in [6, 6.07) is 3.16. The second-order valence-electron chi connectivity index (χ2n) is 15.1. The number of ether oxygens (including phenoxy) is 7. The number of hydrogen-bond acceptors (Lipinski definition) is 14. The molecule has 2 bridgehead atoms. The predicted octanol–water partition coefficient (Wildman–Crippen LogP) is 3.81. The summed E-state index contributed by atoms with van der Waals surface area (Å²) in [7, 11) is 1.95. The van der Waals surface area contributed by atoms with Crippen molar-refractivity contribution in [1.29, 1.82) is 0 Å². The van der Waals surface area contributed by atoms with Crippen LogP contribution in [-0.2, 0) is 54.7 Å². The molecule has 14 heteroatoms. The van der Waals surface area contributed by atoms with Gasteiger partial charge in [-0.05, 0) is 92.6 Å². The highest BCUT2D eigenvalue weighted by molar-refractivity contribution is 5.86. The molecule has 5 rings (SSSR count). The summed E-state index contributed by atoms with van der Waals surface area (Å²) in [4.78, 5) is 66.0. The van der Waals surface area contributed by atoms with E-state index in [-0.39, 0.29) is 42.7 Å². The van der Waals surface area contributed by atoms with Crippen LogP contribution in [0.5, 0.6) is 11.5 Å². The van der Waals surface area contributed by atoms with E-state index in [1.54, 1.807) is 60.6 Å². The van der Waals surface area contributed by atoms with Gasteiger partial charge in [0.05, 0.1) is 36.9 Å². The molecule has 1 aromatic carbocycles. The van der Waals surface area contributed by atoms with Gasteiger partial charge in [0.1, 0.15) is 17.0 Å². The van der Waals surface area contributed by atoms with Gasteiger partial charge in [0.25, 0.3) is 0 Å². The molecule has 0 radical (unpaired) electrons. The molecule has 2 aliphatic heterocycles. The molecule has 0 unspecified atom stereocenters. The summed E-state index contributed by atoms with van der Waals surface area (Å²) in [6.07, 6.45) is -2.43. The average molecular weight is 702 g/mol. The Balaban J connectivity index is 1.43. The van der Waals surface area contributed by atoms with E-state index in [1.807, 2.05) is 13.1 Å². The third-order valence-electron chi connectivity index (χ3n) is 9.29. The van der Waals surface area contributed by atoms with Crippen molar-refractivity contribution in [1.82, 2.24) is 4.90 Å². The number of likely N-dealkylation sites (N-methyl/N-ethyl adjacent to an activating group) is 1. The number of aliphatic hydroxyl groups is 1. The van der Waals surface area contributed by atoms with Gasteiger partial charge >= 0.3 is 30.0 Å². The van der Waals surface area contributed by atoms with Crippen molar-refractivity contribution in [3.05, 3.63) is 35.1 Å². The monoisotopic (exact) mass is 701 g/mol. The minimum absolute atomic E-state index is 0.0270. The molecular formula is C36H47NO13. The van der Waals surface area contributed by atoms with Gasteiger partial charge in [-0.15, -0.1) is 0 Å². The number of piperidine rings is 1. The number of likely N-dealkylation sites (tertiary alicyclic amines) is 1. The van der Waals surface area contributed by atoms with Crippen molar-refractivity contribution in [2.75, 3.05) is 20.2 Å². The lowest BCUT2D eigenvalue weighted by Gasteiger charge is -2.61. The van der Waals surface area contributed by atoms with Crippen molar-refractivity contribution >= 4 is 30.0 Å². The van der Waals surface area contributed by atoms with E-state index in [0.717, 1.165) is 5.56 Å². The molecule has 1 N–H and O–H groups in total. The normalized spacial score (nSPS) is 25.6. The number of carbonyl (C=O) groups excluding carboxylic acids is 5. The van der Waals surface area contributed by atoms with E-state index in [0.29, 0.717) is 24.9 Å². The topological polar surface area (TPSA) is 173 Å². The van der Waals surface area contributed by atoms with E-state index in [1.165, 1.54) is 0 Å². The molecule has 2 aliphatic carbocycles. The lowest BCUT2D eigenvalue weighted by Crippen LogP contribution is -2.74. The molecule has 1 aromatic rings. The Bertz CT molecular complexity index is 1590. The Kier molecular flexibility index (Phi) is 10.0. The molecule has 0 aromatic heterocycles. The van der Waals surface area contributed by atoms with Gasteiger partial charge < -0.3 is 43.2 Å². The minimum atomic E-state index is -1.71. The number of benzene rings is 1. The highest BCUT2D eigenvalue weighted by atomic mass is 16.7. The second-order valence-corrected chi connectivity index (χ2v) is 15.1. The maximum absolute atomic E-state index is 13.7. The van der Waals surface area contributed by atoms with Crippen molar-refractivity contribution < 1.29 is 62.2 Å². The van der Waals surface area contributed by atoms with E-state index >= 15 is 0 Å². The zero-order chi connectivity index (χ0) is 36.8. The third-order valence-corrected chi connectivity index (χ3v) is 9.29. The fourth-order valence-corrected chi connectivity index (χ4v) is 7.41. The predicted molar refractivity (Wildman–Crippen MR) is 174 cm³/mol. The molecule has 14 nitrogen and oxygen atoms in total. The second kappa shape index (κ2) is 13.5. The van der Waals surface area contributed by atoms with Gasteiger partial charge in [-0.3, -0.25) is 14.4 Å². The number of hydrogen-bond donors (Lipinski definition) is 1. The quantitative estimate of drug-likeness (QED) is 0.212. The van der Waals surface area contributed by atoms with Crippen LogP contribution in [0.4, 0.5) is 4.79 Å². The van der Waals surface area contributed by atoms with Crippen molar-refractivity contribution in [3.8, 4) is 11.5 Å². The van der Waals surface area contributed by atoms with E-state index in [2.05, 4.69) is 4.90 Å². The van der Waals surface area contributed by atoms with Crippen LogP contribution in [0, 0.1) is 0 Å².